The lowest BCUT2D eigenvalue weighted by Crippen LogP contribution is -2.46. The van der Waals surface area contributed by atoms with E-state index in [1.165, 1.54) is 11.8 Å². The van der Waals surface area contributed by atoms with E-state index in [0.29, 0.717) is 5.75 Å². The van der Waals surface area contributed by atoms with E-state index < -0.39 is 16.8 Å². The number of aryl methyl sites for hydroxylation is 1. The molecule has 0 bridgehead atoms. The summed E-state index contributed by atoms with van der Waals surface area (Å²) in [7, 11) is 1.91. The molecule has 0 aliphatic carbocycles. The van der Waals surface area contributed by atoms with Crippen LogP contribution in [-0.2, 0) is 17.6 Å². The number of nitrogens with two attached hydrogens (primary N) is 1. The maximum Gasteiger partial charge on any atom is 0.321 e. The smallest absolute Gasteiger partial charge is 0.321 e. The van der Waals surface area contributed by atoms with Crippen LogP contribution in [0.25, 0.3) is 0 Å². The highest BCUT2D eigenvalue weighted by Crippen LogP contribution is 2.30. The number of hydrogen-bond acceptors (Lipinski definition) is 4. The normalized spacial score (nSPS) is 13.8. The summed E-state index contributed by atoms with van der Waals surface area (Å²) in [4.78, 5) is 14.8. The molecule has 1 aromatic heterocycles. The highest BCUT2D eigenvalue weighted by Gasteiger charge is 2.32. The van der Waals surface area contributed by atoms with E-state index in [4.69, 9.17) is 10.8 Å². The van der Waals surface area contributed by atoms with Gasteiger partial charge in [-0.15, -0.1) is 11.8 Å². The standard InChI is InChI=1S/C10H17N3O2S/c1-10(2,8(11)9(14)15)16-5-7-4-12-6-13(7)3/h4,6,8H,5,11H2,1-3H3,(H,14,15)/t8-/m1/s1. The molecule has 0 radical (unpaired) electrons. The van der Waals surface area contributed by atoms with Gasteiger partial charge in [0.15, 0.2) is 0 Å². The molecule has 16 heavy (non-hydrogen) atoms. The van der Waals surface area contributed by atoms with Crippen molar-refractivity contribution in [2.24, 2.45) is 12.8 Å². The Bertz CT molecular complexity index is 376. The van der Waals surface area contributed by atoms with Gasteiger partial charge < -0.3 is 15.4 Å². The van der Waals surface area contributed by atoms with Crippen molar-refractivity contribution in [2.45, 2.75) is 30.4 Å². The highest BCUT2D eigenvalue weighted by molar-refractivity contribution is 7.99. The third-order valence-corrected chi connectivity index (χ3v) is 3.96. The fraction of sp³-hybridized carbons (Fsp3) is 0.600. The quantitative estimate of drug-likeness (QED) is 0.801. The number of aliphatic carboxylic acids is 1. The zero-order valence-electron chi connectivity index (χ0n) is 9.67. The average molecular weight is 243 g/mol. The molecule has 3 N–H and O–H groups in total. The molecule has 5 nitrogen and oxygen atoms in total. The minimum absolute atomic E-state index is 0.504. The molecule has 0 saturated heterocycles. The van der Waals surface area contributed by atoms with Crippen LogP contribution in [-0.4, -0.2) is 31.4 Å². The zero-order chi connectivity index (χ0) is 12.3. The Balaban J connectivity index is 2.61. The van der Waals surface area contributed by atoms with Gasteiger partial charge in [-0.2, -0.15) is 0 Å². The second-order valence-corrected chi connectivity index (χ2v) is 5.83. The number of hydrogen-bond donors (Lipinski definition) is 2. The van der Waals surface area contributed by atoms with Crippen LogP contribution in [0.4, 0.5) is 0 Å². The van der Waals surface area contributed by atoms with Crippen LogP contribution in [0, 0.1) is 0 Å². The summed E-state index contributed by atoms with van der Waals surface area (Å²) in [6.07, 6.45) is 3.50. The van der Waals surface area contributed by atoms with Gasteiger partial charge >= 0.3 is 5.97 Å². The lowest BCUT2D eigenvalue weighted by molar-refractivity contribution is -0.139. The second kappa shape index (κ2) is 4.88. The Hall–Kier alpha value is -1.01. The van der Waals surface area contributed by atoms with Gasteiger partial charge in [-0.25, -0.2) is 4.98 Å². The Morgan fingerprint density at radius 2 is 2.38 bits per heavy atom. The molecule has 90 valence electrons. The summed E-state index contributed by atoms with van der Waals surface area (Å²) in [5.74, 6) is -0.271. The zero-order valence-corrected chi connectivity index (χ0v) is 10.5. The number of thioether (sulfide) groups is 1. The molecule has 0 unspecified atom stereocenters. The average Bonchev–Trinajstić information content (AvgIpc) is 2.60. The minimum Gasteiger partial charge on any atom is -0.480 e. The monoisotopic (exact) mass is 243 g/mol. The van der Waals surface area contributed by atoms with Crippen LogP contribution >= 0.6 is 11.8 Å². The number of carbonyl (C=O) groups is 1. The van der Waals surface area contributed by atoms with Crippen LogP contribution in [0.3, 0.4) is 0 Å². The van der Waals surface area contributed by atoms with Gasteiger partial charge in [-0.3, -0.25) is 4.79 Å². The molecule has 0 aromatic carbocycles. The van der Waals surface area contributed by atoms with Gasteiger partial charge in [-0.1, -0.05) is 0 Å². The maximum absolute atomic E-state index is 10.8. The number of nitrogens with zero attached hydrogens (tertiary/aromatic N) is 2. The number of aromatic nitrogens is 2. The van der Waals surface area contributed by atoms with Crippen molar-refractivity contribution in [1.29, 1.82) is 0 Å². The molecular formula is C10H17N3O2S. The van der Waals surface area contributed by atoms with Gasteiger partial charge in [0.1, 0.15) is 6.04 Å². The largest absolute Gasteiger partial charge is 0.480 e. The fourth-order valence-corrected chi connectivity index (χ4v) is 2.25. The minimum atomic E-state index is -0.970. The number of imidazole rings is 1. The first-order valence-electron chi connectivity index (χ1n) is 4.92. The maximum atomic E-state index is 10.8. The summed E-state index contributed by atoms with van der Waals surface area (Å²) in [6.45, 7) is 3.68. The first-order chi connectivity index (χ1) is 7.34. The molecule has 0 aliphatic heterocycles. The molecule has 1 atom stereocenters. The first-order valence-corrected chi connectivity index (χ1v) is 5.90. The van der Waals surface area contributed by atoms with E-state index >= 15 is 0 Å². The summed E-state index contributed by atoms with van der Waals surface area (Å²) < 4.78 is 1.41. The van der Waals surface area contributed by atoms with Crippen LogP contribution in [0.15, 0.2) is 12.5 Å². The Labute approximate surface area is 99.0 Å². The Morgan fingerprint density at radius 3 is 2.81 bits per heavy atom. The van der Waals surface area contributed by atoms with Crippen molar-refractivity contribution >= 4 is 17.7 Å². The molecular weight excluding hydrogens is 226 g/mol. The van der Waals surface area contributed by atoms with Crippen molar-refractivity contribution in [3.63, 3.8) is 0 Å². The number of carboxylic acids is 1. The van der Waals surface area contributed by atoms with Gasteiger partial charge in [0.05, 0.1) is 6.33 Å². The number of carboxylic acid groups (broad SMARTS) is 1. The third kappa shape index (κ3) is 2.99. The second-order valence-electron chi connectivity index (χ2n) is 4.20. The molecule has 1 rings (SSSR count). The van der Waals surface area contributed by atoms with Crippen LogP contribution in [0.1, 0.15) is 19.5 Å². The molecule has 0 amide bonds. The summed E-state index contributed by atoms with van der Waals surface area (Å²) in [5, 5.41) is 8.87. The van der Waals surface area contributed by atoms with Gasteiger partial charge in [0.2, 0.25) is 0 Å². The van der Waals surface area contributed by atoms with E-state index in [0.717, 1.165) is 5.69 Å². The van der Waals surface area contributed by atoms with E-state index in [-0.39, 0.29) is 0 Å². The predicted octanol–water partition coefficient (Wildman–Crippen LogP) is 0.844. The van der Waals surface area contributed by atoms with Crippen LogP contribution < -0.4 is 5.73 Å². The van der Waals surface area contributed by atoms with E-state index in [2.05, 4.69) is 4.98 Å². The summed E-state index contributed by atoms with van der Waals surface area (Å²) >= 11 is 1.52. The first kappa shape index (κ1) is 13.1. The molecule has 0 spiro atoms. The summed E-state index contributed by atoms with van der Waals surface area (Å²) in [6, 6.07) is -0.870. The predicted molar refractivity (Wildman–Crippen MR) is 64.2 cm³/mol. The topological polar surface area (TPSA) is 81.1 Å². The molecule has 1 aromatic rings. The third-order valence-electron chi connectivity index (χ3n) is 2.52. The SMILES string of the molecule is Cn1cncc1CSC(C)(C)[C@H](N)C(=O)O. The fourth-order valence-electron chi connectivity index (χ4n) is 1.17. The lowest BCUT2D eigenvalue weighted by atomic mass is 10.1. The van der Waals surface area contributed by atoms with Crippen LogP contribution in [0.2, 0.25) is 0 Å². The van der Waals surface area contributed by atoms with Gasteiger partial charge in [0, 0.05) is 29.4 Å². The van der Waals surface area contributed by atoms with Crippen molar-refractivity contribution in [2.75, 3.05) is 0 Å². The van der Waals surface area contributed by atoms with E-state index in [9.17, 15) is 4.79 Å². The lowest BCUT2D eigenvalue weighted by Gasteiger charge is -2.27. The van der Waals surface area contributed by atoms with E-state index in [1.807, 2.05) is 25.5 Å². The number of rotatable bonds is 5. The molecule has 0 fully saturated rings. The van der Waals surface area contributed by atoms with Gasteiger partial charge in [-0.05, 0) is 13.8 Å². The molecule has 1 heterocycles. The molecule has 0 saturated carbocycles. The van der Waals surface area contributed by atoms with Crippen molar-refractivity contribution in [1.82, 2.24) is 9.55 Å². The van der Waals surface area contributed by atoms with Crippen molar-refractivity contribution in [3.8, 4) is 0 Å². The Kier molecular flexibility index (Phi) is 3.98. The van der Waals surface area contributed by atoms with Crippen molar-refractivity contribution in [3.05, 3.63) is 18.2 Å². The molecule has 0 aliphatic rings. The van der Waals surface area contributed by atoms with Crippen LogP contribution in [0.5, 0.6) is 0 Å². The summed E-state index contributed by atoms with van der Waals surface area (Å²) in [5.41, 5.74) is 6.68. The van der Waals surface area contributed by atoms with Crippen molar-refractivity contribution < 1.29 is 9.90 Å². The Morgan fingerprint density at radius 1 is 1.75 bits per heavy atom. The molecule has 6 heteroatoms. The van der Waals surface area contributed by atoms with E-state index in [1.54, 1.807) is 12.5 Å². The highest BCUT2D eigenvalue weighted by atomic mass is 32.2. The van der Waals surface area contributed by atoms with Gasteiger partial charge in [0.25, 0.3) is 0 Å².